The van der Waals surface area contributed by atoms with Gasteiger partial charge in [-0.25, -0.2) is 12.8 Å². The maximum Gasteiger partial charge on any atom is 0.211 e. The van der Waals surface area contributed by atoms with Crippen LogP contribution in [0.3, 0.4) is 0 Å². The fraction of sp³-hybridized carbons (Fsp3) is 0.375. The van der Waals surface area contributed by atoms with Crippen LogP contribution in [0.2, 0.25) is 0 Å². The number of aromatic nitrogens is 1. The van der Waals surface area contributed by atoms with Crippen LogP contribution < -0.4 is 15.1 Å². The van der Waals surface area contributed by atoms with Gasteiger partial charge in [-0.2, -0.15) is 0 Å². The lowest BCUT2D eigenvalue weighted by molar-refractivity contribution is 0.414. The van der Waals surface area contributed by atoms with E-state index in [-0.39, 0.29) is 15.2 Å². The minimum Gasteiger partial charge on any atom is -0.497 e. The number of sulfone groups is 1. The minimum absolute atomic E-state index is 0.0109. The lowest BCUT2D eigenvalue weighted by Gasteiger charge is -2.29. The third-order valence-electron chi connectivity index (χ3n) is 5.94. The highest BCUT2D eigenvalue weighted by atomic mass is 32.2. The van der Waals surface area contributed by atoms with E-state index < -0.39 is 21.1 Å². The van der Waals surface area contributed by atoms with Crippen LogP contribution in [0.4, 0.5) is 10.1 Å². The molecule has 1 aliphatic heterocycles. The molecule has 1 aromatic heterocycles. The van der Waals surface area contributed by atoms with Crippen LogP contribution in [-0.4, -0.2) is 33.2 Å². The summed E-state index contributed by atoms with van der Waals surface area (Å²) in [6.45, 7) is 4.01. The topological polar surface area (TPSA) is 68.6 Å². The number of ether oxygens (including phenoxy) is 1. The van der Waals surface area contributed by atoms with Gasteiger partial charge in [0.05, 0.1) is 28.6 Å². The molecule has 0 saturated carbocycles. The first-order valence-corrected chi connectivity index (χ1v) is 12.4. The molecule has 170 valence electrons. The third-order valence-corrected chi connectivity index (χ3v) is 7.70. The molecule has 0 atom stereocenters. The van der Waals surface area contributed by atoms with Crippen molar-refractivity contribution in [1.82, 2.24) is 4.57 Å². The second kappa shape index (κ2) is 8.94. The Hall–Kier alpha value is -2.87. The average Bonchev–Trinajstić information content (AvgIpc) is 2.81. The van der Waals surface area contributed by atoms with Crippen LogP contribution in [0.1, 0.15) is 32.6 Å². The number of anilines is 1. The fourth-order valence-corrected chi connectivity index (χ4v) is 5.62. The molecule has 0 spiro atoms. The number of halogens is 1. The Morgan fingerprint density at radius 3 is 2.38 bits per heavy atom. The van der Waals surface area contributed by atoms with Crippen LogP contribution in [0, 0.1) is 5.82 Å². The van der Waals surface area contributed by atoms with Gasteiger partial charge in [-0.3, -0.25) is 4.79 Å². The average molecular weight is 459 g/mol. The number of nitrogens with zero attached hydrogens (tertiary/aromatic N) is 2. The van der Waals surface area contributed by atoms with E-state index in [1.54, 1.807) is 10.6 Å². The number of methoxy groups -OCH3 is 1. The lowest BCUT2D eigenvalue weighted by atomic mass is 10.1. The van der Waals surface area contributed by atoms with E-state index in [9.17, 15) is 13.2 Å². The van der Waals surface area contributed by atoms with Gasteiger partial charge in [-0.1, -0.05) is 6.92 Å². The van der Waals surface area contributed by atoms with Gasteiger partial charge >= 0.3 is 0 Å². The summed E-state index contributed by atoms with van der Waals surface area (Å²) in [4.78, 5) is 14.9. The summed E-state index contributed by atoms with van der Waals surface area (Å²) < 4.78 is 48.5. The Labute approximate surface area is 187 Å². The van der Waals surface area contributed by atoms with Crippen LogP contribution in [-0.2, 0) is 16.4 Å². The molecule has 32 heavy (non-hydrogen) atoms. The normalized spacial score (nSPS) is 14.7. The Morgan fingerprint density at radius 2 is 1.75 bits per heavy atom. The summed E-state index contributed by atoms with van der Waals surface area (Å²) in [6, 6.07) is 8.76. The zero-order chi connectivity index (χ0) is 22.9. The van der Waals surface area contributed by atoms with E-state index in [0.717, 1.165) is 38.8 Å². The number of hydrogen-bond donors (Lipinski definition) is 0. The highest BCUT2D eigenvalue weighted by Crippen LogP contribution is 2.29. The van der Waals surface area contributed by atoms with Gasteiger partial charge in [0.15, 0.2) is 0 Å². The minimum atomic E-state index is -4.09. The van der Waals surface area contributed by atoms with Gasteiger partial charge in [-0.15, -0.1) is 0 Å². The number of piperidine rings is 1. The number of aryl methyl sites for hydroxylation is 1. The number of benzene rings is 2. The van der Waals surface area contributed by atoms with Crippen molar-refractivity contribution in [2.45, 2.75) is 48.9 Å². The van der Waals surface area contributed by atoms with Crippen molar-refractivity contribution in [3.8, 4) is 5.75 Å². The Morgan fingerprint density at radius 1 is 1.06 bits per heavy atom. The first kappa shape index (κ1) is 22.3. The molecular weight excluding hydrogens is 431 g/mol. The number of pyridine rings is 1. The summed E-state index contributed by atoms with van der Waals surface area (Å²) in [7, 11) is -2.60. The molecule has 0 radical (unpaired) electrons. The van der Waals surface area contributed by atoms with Crippen molar-refractivity contribution in [3.63, 3.8) is 0 Å². The van der Waals surface area contributed by atoms with Crippen LogP contribution in [0.15, 0.2) is 57.2 Å². The maximum absolute atomic E-state index is 15.1. The highest BCUT2D eigenvalue weighted by Gasteiger charge is 2.25. The number of hydrogen-bond acceptors (Lipinski definition) is 5. The fourth-order valence-electron chi connectivity index (χ4n) is 4.25. The molecule has 0 N–H and O–H groups in total. The zero-order valence-electron chi connectivity index (χ0n) is 18.3. The SMILES string of the molecule is CCCn1cc(S(=O)(=O)c2ccc(OC)cc2)c(=O)c2cc(F)c(N3CCCCC3)cc21. The molecule has 1 aliphatic rings. The van der Waals surface area contributed by atoms with Gasteiger partial charge < -0.3 is 14.2 Å². The quantitative estimate of drug-likeness (QED) is 0.548. The van der Waals surface area contributed by atoms with E-state index in [0.29, 0.717) is 23.5 Å². The van der Waals surface area contributed by atoms with Gasteiger partial charge in [0.25, 0.3) is 0 Å². The molecule has 0 bridgehead atoms. The van der Waals surface area contributed by atoms with Crippen LogP contribution >= 0.6 is 0 Å². The second-order valence-electron chi connectivity index (χ2n) is 8.06. The Bertz CT molecular complexity index is 1290. The summed E-state index contributed by atoms with van der Waals surface area (Å²) >= 11 is 0. The second-order valence-corrected chi connectivity index (χ2v) is 9.98. The molecule has 6 nitrogen and oxygen atoms in total. The number of fused-ring (bicyclic) bond motifs is 1. The van der Waals surface area contributed by atoms with E-state index in [1.165, 1.54) is 43.6 Å². The Balaban J connectivity index is 1.91. The molecule has 0 unspecified atom stereocenters. The zero-order valence-corrected chi connectivity index (χ0v) is 19.1. The van der Waals surface area contributed by atoms with Gasteiger partial charge in [0.1, 0.15) is 16.5 Å². The van der Waals surface area contributed by atoms with Crippen molar-refractivity contribution in [3.05, 3.63) is 58.6 Å². The van der Waals surface area contributed by atoms with Crippen LogP contribution in [0.25, 0.3) is 10.9 Å². The highest BCUT2D eigenvalue weighted by molar-refractivity contribution is 7.91. The van der Waals surface area contributed by atoms with E-state index in [1.807, 2.05) is 11.8 Å². The van der Waals surface area contributed by atoms with Crippen LogP contribution in [0.5, 0.6) is 5.75 Å². The monoisotopic (exact) mass is 458 g/mol. The molecule has 2 heterocycles. The molecule has 8 heteroatoms. The standard InChI is InChI=1S/C24H27FN2O4S/c1-3-11-27-16-23(32(29,30)18-9-7-17(31-2)8-10-18)24(28)19-14-20(25)22(15-21(19)27)26-12-5-4-6-13-26/h7-10,14-16H,3-6,11-13H2,1-2H3. The lowest BCUT2D eigenvalue weighted by Crippen LogP contribution is -2.30. The van der Waals surface area contributed by atoms with Gasteiger partial charge in [0, 0.05) is 25.8 Å². The van der Waals surface area contributed by atoms with Crippen molar-refractivity contribution >= 4 is 26.4 Å². The molecule has 1 saturated heterocycles. The number of rotatable bonds is 6. The predicted molar refractivity (Wildman–Crippen MR) is 123 cm³/mol. The molecule has 4 rings (SSSR count). The Kier molecular flexibility index (Phi) is 6.24. The molecule has 0 amide bonds. The summed E-state index contributed by atoms with van der Waals surface area (Å²) in [6.07, 6.45) is 5.25. The molecule has 1 fully saturated rings. The predicted octanol–water partition coefficient (Wildman–Crippen LogP) is 4.38. The van der Waals surface area contributed by atoms with Crippen molar-refractivity contribution in [1.29, 1.82) is 0 Å². The van der Waals surface area contributed by atoms with Gasteiger partial charge in [-0.05, 0) is 62.1 Å². The maximum atomic E-state index is 15.1. The summed E-state index contributed by atoms with van der Waals surface area (Å²) in [5.41, 5.74) is 0.326. The summed E-state index contributed by atoms with van der Waals surface area (Å²) in [5.74, 6) is 0.0108. The van der Waals surface area contributed by atoms with Crippen molar-refractivity contribution in [2.24, 2.45) is 0 Å². The molecule has 3 aromatic rings. The molecule has 0 aliphatic carbocycles. The summed E-state index contributed by atoms with van der Waals surface area (Å²) in [5, 5.41) is 0.0753. The first-order valence-electron chi connectivity index (χ1n) is 10.9. The van der Waals surface area contributed by atoms with Crippen molar-refractivity contribution < 1.29 is 17.5 Å². The van der Waals surface area contributed by atoms with Gasteiger partial charge in [0.2, 0.25) is 15.3 Å². The molecule has 2 aromatic carbocycles. The van der Waals surface area contributed by atoms with E-state index in [4.69, 9.17) is 4.74 Å². The largest absolute Gasteiger partial charge is 0.497 e. The first-order chi connectivity index (χ1) is 15.4. The van der Waals surface area contributed by atoms with Crippen molar-refractivity contribution in [2.75, 3.05) is 25.1 Å². The van der Waals surface area contributed by atoms with E-state index >= 15 is 4.39 Å². The third kappa shape index (κ3) is 3.99. The molecular formula is C24H27FN2O4S. The van der Waals surface area contributed by atoms with E-state index in [2.05, 4.69) is 0 Å². The smallest absolute Gasteiger partial charge is 0.211 e.